The fraction of sp³-hybridized carbons (Fsp3) is 0.300. The summed E-state index contributed by atoms with van der Waals surface area (Å²) in [5.74, 6) is -0.741. The summed E-state index contributed by atoms with van der Waals surface area (Å²) in [6.45, 7) is -0.130. The second-order valence-electron chi connectivity index (χ2n) is 4.11. The molecule has 0 radical (unpaired) electrons. The van der Waals surface area contributed by atoms with Gasteiger partial charge in [-0.15, -0.1) is 0 Å². The van der Waals surface area contributed by atoms with Crippen molar-refractivity contribution in [2.24, 2.45) is 0 Å². The average Bonchev–Trinajstić information content (AvgIpc) is 2.94. The van der Waals surface area contributed by atoms with Gasteiger partial charge in [0.1, 0.15) is 12.4 Å². The Kier molecular flexibility index (Phi) is 3.65. The van der Waals surface area contributed by atoms with Gasteiger partial charge >= 0.3 is 12.2 Å². The van der Waals surface area contributed by atoms with Crippen molar-refractivity contribution in [1.82, 2.24) is 19.7 Å². The van der Waals surface area contributed by atoms with Gasteiger partial charge in [0.05, 0.1) is 21.9 Å². The number of hydrogen-bond acceptors (Lipinski definition) is 5. The first kappa shape index (κ1) is 14.6. The van der Waals surface area contributed by atoms with E-state index in [1.54, 1.807) is 0 Å². The Balaban J connectivity index is 2.26. The van der Waals surface area contributed by atoms with E-state index in [1.165, 1.54) is 13.8 Å². The van der Waals surface area contributed by atoms with Crippen LogP contribution >= 0.6 is 0 Å². The number of nitrogens with one attached hydrogen (secondary N) is 1. The van der Waals surface area contributed by atoms with Crippen LogP contribution in [0.1, 0.15) is 28.3 Å². The van der Waals surface area contributed by atoms with Crippen molar-refractivity contribution in [3.63, 3.8) is 0 Å². The Morgan fingerprint density at radius 1 is 1.48 bits per heavy atom. The zero-order valence-corrected chi connectivity index (χ0v) is 10.9. The lowest BCUT2D eigenvalue weighted by Gasteiger charge is -2.05. The third-order valence-electron chi connectivity index (χ3n) is 2.73. The average molecular weight is 300 g/mol. The first-order valence-electron chi connectivity index (χ1n) is 5.65. The summed E-state index contributed by atoms with van der Waals surface area (Å²) < 4.78 is 25.8. The molecular weight excluding hydrogens is 290 g/mol. The highest BCUT2D eigenvalue weighted by Crippen LogP contribution is 2.19. The first-order chi connectivity index (χ1) is 9.81. The van der Waals surface area contributed by atoms with E-state index in [1.807, 2.05) is 0 Å². The molecule has 21 heavy (non-hydrogen) atoms. The number of rotatable bonds is 4. The molecule has 0 unspecified atom stereocenters. The summed E-state index contributed by atoms with van der Waals surface area (Å²) in [6, 6.07) is 0. The molecule has 2 rings (SSSR count). The molecule has 0 aliphatic rings. The second-order valence-corrected chi connectivity index (χ2v) is 4.11. The molecule has 11 heteroatoms. The summed E-state index contributed by atoms with van der Waals surface area (Å²) in [5, 5.41) is 17.6. The Morgan fingerprint density at radius 2 is 2.14 bits per heavy atom. The molecule has 2 aromatic rings. The number of nitrogens with zero attached hydrogens (tertiary/aromatic N) is 5. The summed E-state index contributed by atoms with van der Waals surface area (Å²) in [4.78, 5) is 22.7. The molecular formula is C10H10F2N6O3. The Bertz CT molecular complexity index is 708. The number of hydrogen-bond donors (Lipinski definition) is 1. The topological polar surface area (TPSA) is 108 Å². The summed E-state index contributed by atoms with van der Waals surface area (Å²) in [5.41, 5.74) is 1.99. The lowest BCUT2D eigenvalue weighted by atomic mass is 10.2. The highest BCUT2D eigenvalue weighted by molar-refractivity contribution is 6.01. The van der Waals surface area contributed by atoms with Crippen LogP contribution in [0, 0.1) is 24.0 Å². The lowest BCUT2D eigenvalue weighted by Crippen LogP contribution is -2.24. The zero-order chi connectivity index (χ0) is 15.7. The maximum absolute atomic E-state index is 12.7. The molecule has 0 aliphatic heterocycles. The van der Waals surface area contributed by atoms with Crippen LogP contribution in [0.3, 0.4) is 0 Å². The van der Waals surface area contributed by atoms with Crippen molar-refractivity contribution in [3.8, 4) is 0 Å². The number of halogens is 2. The third kappa shape index (κ3) is 2.70. The van der Waals surface area contributed by atoms with Crippen LogP contribution in [0.25, 0.3) is 0 Å². The number of carbonyl (C=O) groups is 1. The zero-order valence-electron chi connectivity index (χ0n) is 10.9. The van der Waals surface area contributed by atoms with E-state index >= 15 is 0 Å². The normalized spacial score (nSPS) is 10.9. The van der Waals surface area contributed by atoms with E-state index in [-0.39, 0.29) is 22.6 Å². The highest BCUT2D eigenvalue weighted by Gasteiger charge is 2.23. The minimum atomic E-state index is -2.86. The first-order valence-corrected chi connectivity index (χ1v) is 5.65. The molecule has 0 bridgehead atoms. The number of aromatic nitrogens is 4. The van der Waals surface area contributed by atoms with Gasteiger partial charge in [0.2, 0.25) is 0 Å². The fourth-order valence-corrected chi connectivity index (χ4v) is 1.81. The minimum Gasteiger partial charge on any atom is -0.267 e. The Hall–Kier alpha value is -2.85. The molecule has 1 N–H and O–H groups in total. The van der Waals surface area contributed by atoms with Crippen molar-refractivity contribution in [2.45, 2.75) is 20.4 Å². The number of alkyl halides is 2. The van der Waals surface area contributed by atoms with Crippen molar-refractivity contribution in [1.29, 1.82) is 0 Å². The van der Waals surface area contributed by atoms with Crippen molar-refractivity contribution >= 4 is 11.6 Å². The van der Waals surface area contributed by atoms with E-state index < -0.39 is 17.4 Å². The van der Waals surface area contributed by atoms with Crippen LogP contribution < -0.4 is 5.43 Å². The van der Waals surface area contributed by atoms with Crippen LogP contribution in [-0.4, -0.2) is 30.5 Å². The molecule has 112 valence electrons. The Morgan fingerprint density at radius 3 is 2.62 bits per heavy atom. The van der Waals surface area contributed by atoms with Gasteiger partial charge in [0, 0.05) is 0 Å². The van der Waals surface area contributed by atoms with Crippen LogP contribution in [0.15, 0.2) is 12.4 Å². The molecule has 0 saturated carbocycles. The van der Waals surface area contributed by atoms with Crippen LogP contribution in [0.2, 0.25) is 0 Å². The van der Waals surface area contributed by atoms with E-state index in [0.717, 1.165) is 17.2 Å². The molecule has 0 aliphatic carbocycles. The summed E-state index contributed by atoms with van der Waals surface area (Å²) >= 11 is 0. The van der Waals surface area contributed by atoms with Gasteiger partial charge in [0.15, 0.2) is 0 Å². The van der Waals surface area contributed by atoms with Crippen LogP contribution in [0.5, 0.6) is 0 Å². The molecule has 2 aromatic heterocycles. The van der Waals surface area contributed by atoms with Crippen molar-refractivity contribution < 1.29 is 18.5 Å². The maximum Gasteiger partial charge on any atom is 0.333 e. The van der Waals surface area contributed by atoms with Gasteiger partial charge in [0.25, 0.3) is 5.91 Å². The van der Waals surface area contributed by atoms with E-state index in [0.29, 0.717) is 4.68 Å². The van der Waals surface area contributed by atoms with Gasteiger partial charge in [-0.2, -0.15) is 23.8 Å². The summed E-state index contributed by atoms with van der Waals surface area (Å²) in [7, 11) is 0. The van der Waals surface area contributed by atoms with Gasteiger partial charge in [-0.25, -0.2) is 10.1 Å². The molecule has 9 nitrogen and oxygen atoms in total. The van der Waals surface area contributed by atoms with E-state index in [9.17, 15) is 23.7 Å². The van der Waals surface area contributed by atoms with Crippen LogP contribution in [-0.2, 0) is 0 Å². The highest BCUT2D eigenvalue weighted by atomic mass is 19.3. The summed E-state index contributed by atoms with van der Waals surface area (Å²) in [6.07, 6.45) is 1.93. The number of carbonyl (C=O) groups excluding carboxylic acids is 1. The molecule has 2 heterocycles. The number of amides is 1. The molecule has 0 fully saturated rings. The monoisotopic (exact) mass is 300 g/mol. The minimum absolute atomic E-state index is 0.0124. The quantitative estimate of drug-likeness (QED) is 0.678. The molecule has 0 saturated heterocycles. The predicted octanol–water partition coefficient (Wildman–Crippen LogP) is 1.38. The molecule has 0 atom stereocenters. The van der Waals surface area contributed by atoms with E-state index in [4.69, 9.17) is 0 Å². The number of nitro groups is 1. The van der Waals surface area contributed by atoms with Gasteiger partial charge in [-0.1, -0.05) is 0 Å². The van der Waals surface area contributed by atoms with Crippen LogP contribution in [0.4, 0.5) is 14.5 Å². The largest absolute Gasteiger partial charge is 0.333 e. The fourth-order valence-electron chi connectivity index (χ4n) is 1.81. The van der Waals surface area contributed by atoms with E-state index in [2.05, 4.69) is 15.6 Å². The SMILES string of the molecule is Cc1nn(C(F)F)c(C)c1C(=O)Nn1cc([N+](=O)[O-])cn1. The van der Waals surface area contributed by atoms with Gasteiger partial charge in [-0.3, -0.25) is 14.9 Å². The lowest BCUT2D eigenvalue weighted by molar-refractivity contribution is -0.384. The standard InChI is InChI=1S/C10H10F2N6O3/c1-5-8(6(2)17(14-5)10(11)12)9(19)15-16-4-7(3-13-16)18(20)21/h3-4,10H,1-2H3,(H,15,19). The molecule has 0 aromatic carbocycles. The Labute approximate surface area is 116 Å². The smallest absolute Gasteiger partial charge is 0.267 e. The van der Waals surface area contributed by atoms with Crippen molar-refractivity contribution in [2.75, 3.05) is 5.43 Å². The molecule has 1 amide bonds. The van der Waals surface area contributed by atoms with Gasteiger partial charge in [-0.05, 0) is 13.8 Å². The van der Waals surface area contributed by atoms with Crippen molar-refractivity contribution in [3.05, 3.63) is 39.5 Å². The molecule has 0 spiro atoms. The number of aryl methyl sites for hydroxylation is 1. The third-order valence-corrected chi connectivity index (χ3v) is 2.73. The maximum atomic E-state index is 12.7. The van der Waals surface area contributed by atoms with Gasteiger partial charge < -0.3 is 0 Å². The second kappa shape index (κ2) is 5.26. The predicted molar refractivity (Wildman–Crippen MR) is 65.5 cm³/mol.